The van der Waals surface area contributed by atoms with Crippen LogP contribution in [0.15, 0.2) is 11.3 Å². The van der Waals surface area contributed by atoms with Gasteiger partial charge in [0.15, 0.2) is 5.72 Å². The number of aliphatic hydroxyl groups is 1. The molecule has 0 aromatic rings. The van der Waals surface area contributed by atoms with Crippen LogP contribution >= 0.6 is 0 Å². The maximum Gasteiger partial charge on any atom is 0.336 e. The molecule has 4 bridgehead atoms. The lowest BCUT2D eigenvalue weighted by atomic mass is 9.80. The fraction of sp³-hybridized carbons (Fsp3) is 0.750. The average molecular weight is 255 g/mol. The summed E-state index contributed by atoms with van der Waals surface area (Å²) in [6, 6.07) is 0. The lowest BCUT2D eigenvalue weighted by Gasteiger charge is -2.45. The van der Waals surface area contributed by atoms with E-state index in [1.165, 1.54) is 0 Å². The van der Waals surface area contributed by atoms with Crippen molar-refractivity contribution in [3.63, 3.8) is 0 Å². The van der Waals surface area contributed by atoms with E-state index in [4.69, 9.17) is 14.2 Å². The number of rotatable bonds is 2. The van der Waals surface area contributed by atoms with Crippen LogP contribution in [0.1, 0.15) is 20.3 Å². The Labute approximate surface area is 105 Å². The summed E-state index contributed by atoms with van der Waals surface area (Å²) in [6.45, 7) is 4.27. The lowest BCUT2D eigenvalue weighted by molar-refractivity contribution is -0.236. The van der Waals surface area contributed by atoms with Crippen LogP contribution in [0.5, 0.6) is 0 Å². The summed E-state index contributed by atoms with van der Waals surface area (Å²) >= 11 is 0. The Morgan fingerprint density at radius 2 is 2.44 bits per heavy atom. The van der Waals surface area contributed by atoms with Crippen LogP contribution in [0.2, 0.25) is 0 Å². The predicted molar refractivity (Wildman–Crippen MR) is 60.1 cm³/mol. The number of esters is 1. The molecule has 3 heterocycles. The van der Waals surface area contributed by atoms with E-state index >= 15 is 0 Å². The standard InChI is InChI=1S/C12H17NO5/c1-3-16-10(14)9-6(2)13-12(15)4-7(9)8-5-17-11(12)18-8/h7-8,11,13,15H,3-5H2,1-2H3/t7-,8+,11-,12-/m0/s1. The monoisotopic (exact) mass is 255 g/mol. The molecule has 0 aromatic carbocycles. The zero-order valence-electron chi connectivity index (χ0n) is 10.4. The summed E-state index contributed by atoms with van der Waals surface area (Å²) in [7, 11) is 0. The largest absolute Gasteiger partial charge is 0.463 e. The maximum atomic E-state index is 12.0. The fourth-order valence-corrected chi connectivity index (χ4v) is 3.03. The van der Waals surface area contributed by atoms with E-state index in [-0.39, 0.29) is 18.0 Å². The first-order chi connectivity index (χ1) is 8.55. The quantitative estimate of drug-likeness (QED) is 0.670. The molecule has 2 N–H and O–H groups in total. The second-order valence-electron chi connectivity index (χ2n) is 4.96. The molecule has 0 radical (unpaired) electrons. The molecule has 0 amide bonds. The smallest absolute Gasteiger partial charge is 0.336 e. The molecule has 18 heavy (non-hydrogen) atoms. The summed E-state index contributed by atoms with van der Waals surface area (Å²) in [5.41, 5.74) is -0.0240. The summed E-state index contributed by atoms with van der Waals surface area (Å²) in [5.74, 6) is -0.516. The zero-order chi connectivity index (χ0) is 12.9. The van der Waals surface area contributed by atoms with Crippen molar-refractivity contribution in [2.24, 2.45) is 5.92 Å². The van der Waals surface area contributed by atoms with Gasteiger partial charge in [0.25, 0.3) is 0 Å². The van der Waals surface area contributed by atoms with Crippen molar-refractivity contribution in [3.05, 3.63) is 11.3 Å². The highest BCUT2D eigenvalue weighted by atomic mass is 16.7. The molecular weight excluding hydrogens is 238 g/mol. The Hall–Kier alpha value is -1.11. The molecule has 6 nitrogen and oxygen atoms in total. The minimum Gasteiger partial charge on any atom is -0.463 e. The van der Waals surface area contributed by atoms with Crippen LogP contribution in [0.3, 0.4) is 0 Å². The van der Waals surface area contributed by atoms with Crippen molar-refractivity contribution in [3.8, 4) is 0 Å². The van der Waals surface area contributed by atoms with E-state index in [9.17, 15) is 9.90 Å². The molecule has 2 saturated heterocycles. The van der Waals surface area contributed by atoms with Gasteiger partial charge in [-0.25, -0.2) is 4.79 Å². The van der Waals surface area contributed by atoms with Gasteiger partial charge < -0.3 is 24.6 Å². The van der Waals surface area contributed by atoms with E-state index in [0.717, 1.165) is 0 Å². The number of hydrogen-bond acceptors (Lipinski definition) is 6. The van der Waals surface area contributed by atoms with Gasteiger partial charge in [0.05, 0.1) is 24.9 Å². The van der Waals surface area contributed by atoms with Crippen LogP contribution in [0, 0.1) is 5.92 Å². The number of allylic oxidation sites excluding steroid dienone is 1. The van der Waals surface area contributed by atoms with Gasteiger partial charge in [-0.1, -0.05) is 0 Å². The molecule has 0 saturated carbocycles. The number of fused-ring (bicyclic) bond motifs is 6. The minimum atomic E-state index is -1.24. The second kappa shape index (κ2) is 3.94. The highest BCUT2D eigenvalue weighted by molar-refractivity contribution is 5.90. The Balaban J connectivity index is 1.97. The summed E-state index contributed by atoms with van der Waals surface area (Å²) in [5, 5.41) is 13.4. The molecule has 4 atom stereocenters. The van der Waals surface area contributed by atoms with E-state index in [1.54, 1.807) is 13.8 Å². The van der Waals surface area contributed by atoms with Crippen LogP contribution < -0.4 is 5.32 Å². The Morgan fingerprint density at radius 1 is 1.67 bits per heavy atom. The molecule has 0 aliphatic carbocycles. The molecule has 3 rings (SSSR count). The van der Waals surface area contributed by atoms with Gasteiger partial charge in [-0.2, -0.15) is 0 Å². The third-order valence-corrected chi connectivity index (χ3v) is 3.75. The van der Waals surface area contributed by atoms with E-state index in [0.29, 0.717) is 30.9 Å². The lowest BCUT2D eigenvalue weighted by Crippen LogP contribution is -2.62. The van der Waals surface area contributed by atoms with E-state index in [2.05, 4.69) is 5.32 Å². The fourth-order valence-electron chi connectivity index (χ4n) is 3.03. The topological polar surface area (TPSA) is 77.0 Å². The number of ether oxygens (including phenoxy) is 3. The molecular formula is C12H17NO5. The first kappa shape index (κ1) is 12.0. The van der Waals surface area contributed by atoms with Gasteiger partial charge in [-0.05, 0) is 13.8 Å². The van der Waals surface area contributed by atoms with Gasteiger partial charge in [0.2, 0.25) is 6.29 Å². The van der Waals surface area contributed by atoms with Crippen molar-refractivity contribution < 1.29 is 24.1 Å². The van der Waals surface area contributed by atoms with Crippen molar-refractivity contribution >= 4 is 5.97 Å². The molecule has 0 unspecified atom stereocenters. The van der Waals surface area contributed by atoms with Crippen LogP contribution in [-0.2, 0) is 19.0 Å². The summed E-state index contributed by atoms with van der Waals surface area (Å²) in [6.07, 6.45) is -0.419. The number of carbonyl (C=O) groups excluding carboxylic acids is 1. The first-order valence-electron chi connectivity index (χ1n) is 6.20. The van der Waals surface area contributed by atoms with Crippen LogP contribution in [0.25, 0.3) is 0 Å². The molecule has 3 aliphatic rings. The Morgan fingerprint density at radius 3 is 3.17 bits per heavy atom. The first-order valence-corrected chi connectivity index (χ1v) is 6.20. The van der Waals surface area contributed by atoms with Crippen molar-refractivity contribution in [2.75, 3.05) is 13.2 Å². The van der Waals surface area contributed by atoms with Crippen LogP contribution in [-0.4, -0.2) is 42.4 Å². The van der Waals surface area contributed by atoms with Crippen molar-refractivity contribution in [1.82, 2.24) is 5.32 Å². The third-order valence-electron chi connectivity index (χ3n) is 3.75. The molecule has 0 aromatic heterocycles. The van der Waals surface area contributed by atoms with E-state index < -0.39 is 12.0 Å². The second-order valence-corrected chi connectivity index (χ2v) is 4.96. The average Bonchev–Trinajstić information content (AvgIpc) is 2.73. The molecule has 0 spiro atoms. The number of hydrogen-bond donors (Lipinski definition) is 2. The van der Waals surface area contributed by atoms with Crippen LogP contribution in [0.4, 0.5) is 0 Å². The zero-order valence-corrected chi connectivity index (χ0v) is 10.4. The number of nitrogens with one attached hydrogen (secondary N) is 1. The Bertz CT molecular complexity index is 421. The molecule has 2 fully saturated rings. The molecule has 6 heteroatoms. The normalized spacial score (nSPS) is 41.6. The maximum absolute atomic E-state index is 12.0. The highest BCUT2D eigenvalue weighted by Gasteiger charge is 2.57. The third kappa shape index (κ3) is 1.56. The van der Waals surface area contributed by atoms with Gasteiger partial charge in [0, 0.05) is 18.0 Å². The summed E-state index contributed by atoms with van der Waals surface area (Å²) < 4.78 is 16.1. The summed E-state index contributed by atoms with van der Waals surface area (Å²) in [4.78, 5) is 12.0. The highest BCUT2D eigenvalue weighted by Crippen LogP contribution is 2.44. The Kier molecular flexibility index (Phi) is 2.62. The number of carbonyl (C=O) groups is 1. The van der Waals surface area contributed by atoms with Gasteiger partial charge in [-0.3, -0.25) is 0 Å². The molecule has 3 aliphatic heterocycles. The predicted octanol–water partition coefficient (Wildman–Crippen LogP) is -0.123. The van der Waals surface area contributed by atoms with Gasteiger partial charge in [-0.15, -0.1) is 0 Å². The minimum absolute atomic E-state index is 0.172. The van der Waals surface area contributed by atoms with Gasteiger partial charge in [0.1, 0.15) is 0 Å². The van der Waals surface area contributed by atoms with Gasteiger partial charge >= 0.3 is 5.97 Å². The van der Waals surface area contributed by atoms with Crippen molar-refractivity contribution in [1.29, 1.82) is 0 Å². The molecule has 100 valence electrons. The van der Waals surface area contributed by atoms with Crippen molar-refractivity contribution in [2.45, 2.75) is 38.4 Å². The SMILES string of the molecule is CCOC(=O)C1=C(C)N[C@]2(O)C[C@H]1[C@H]1CO[C@H]2O1. The van der Waals surface area contributed by atoms with E-state index in [1.807, 2.05) is 0 Å².